The lowest BCUT2D eigenvalue weighted by Crippen LogP contribution is -2.18. The van der Waals surface area contributed by atoms with Gasteiger partial charge >= 0.3 is 5.97 Å². The van der Waals surface area contributed by atoms with Crippen molar-refractivity contribution in [2.45, 2.75) is 11.7 Å². The number of Topliss-reactive ketones (excluding diaryl/α,β-unsaturated/α-hetero) is 1. The number of thioether (sulfide) groups is 1. The summed E-state index contributed by atoms with van der Waals surface area (Å²) in [6, 6.07) is 4.82. The van der Waals surface area contributed by atoms with Gasteiger partial charge in [-0.1, -0.05) is 0 Å². The maximum absolute atomic E-state index is 12.1. The SMILES string of the molecule is O=C(CS[C@H]1CCS(=O)(=O)C1)OCC(=O)c1ccc2c(c1)OCCO2. The van der Waals surface area contributed by atoms with E-state index in [2.05, 4.69) is 0 Å². The summed E-state index contributed by atoms with van der Waals surface area (Å²) < 4.78 is 38.5. The van der Waals surface area contributed by atoms with E-state index in [1.54, 1.807) is 18.2 Å². The highest BCUT2D eigenvalue weighted by molar-refractivity contribution is 8.02. The van der Waals surface area contributed by atoms with Crippen molar-refractivity contribution in [1.29, 1.82) is 0 Å². The van der Waals surface area contributed by atoms with Gasteiger partial charge < -0.3 is 14.2 Å². The van der Waals surface area contributed by atoms with Crippen LogP contribution in [-0.4, -0.2) is 62.5 Å². The monoisotopic (exact) mass is 386 g/mol. The van der Waals surface area contributed by atoms with Gasteiger partial charge in [0.1, 0.15) is 13.2 Å². The van der Waals surface area contributed by atoms with Crippen LogP contribution in [0.15, 0.2) is 18.2 Å². The second-order valence-corrected chi connectivity index (χ2v) is 9.30. The summed E-state index contributed by atoms with van der Waals surface area (Å²) in [6.45, 7) is 0.535. The second kappa shape index (κ2) is 7.65. The Labute approximate surface area is 149 Å². The molecule has 0 bridgehead atoms. The van der Waals surface area contributed by atoms with Gasteiger partial charge in [0, 0.05) is 10.8 Å². The number of hydrogen-bond acceptors (Lipinski definition) is 8. The van der Waals surface area contributed by atoms with Crippen molar-refractivity contribution in [3.05, 3.63) is 23.8 Å². The zero-order valence-electron chi connectivity index (χ0n) is 13.4. The first-order valence-electron chi connectivity index (χ1n) is 7.83. The van der Waals surface area contributed by atoms with Crippen LogP contribution in [0.2, 0.25) is 0 Å². The van der Waals surface area contributed by atoms with Gasteiger partial charge in [-0.3, -0.25) is 9.59 Å². The van der Waals surface area contributed by atoms with Crippen molar-refractivity contribution in [2.75, 3.05) is 37.1 Å². The lowest BCUT2D eigenvalue weighted by Gasteiger charge is -2.18. The Hall–Kier alpha value is -1.74. The van der Waals surface area contributed by atoms with Gasteiger partial charge in [0.15, 0.2) is 33.7 Å². The van der Waals surface area contributed by atoms with Crippen LogP contribution in [-0.2, 0) is 19.4 Å². The van der Waals surface area contributed by atoms with E-state index in [1.807, 2.05) is 0 Å². The number of carbonyl (C=O) groups excluding carboxylic acids is 2. The largest absolute Gasteiger partial charge is 0.486 e. The first-order chi connectivity index (χ1) is 11.9. The number of hydrogen-bond donors (Lipinski definition) is 0. The molecule has 1 aromatic rings. The molecule has 0 saturated carbocycles. The average Bonchev–Trinajstić information content (AvgIpc) is 2.96. The molecule has 1 fully saturated rings. The molecule has 0 unspecified atom stereocenters. The number of benzene rings is 1. The Morgan fingerprint density at radius 1 is 1.20 bits per heavy atom. The minimum atomic E-state index is -2.96. The van der Waals surface area contributed by atoms with E-state index in [0.29, 0.717) is 36.7 Å². The van der Waals surface area contributed by atoms with Crippen molar-refractivity contribution in [2.24, 2.45) is 0 Å². The van der Waals surface area contributed by atoms with Crippen LogP contribution < -0.4 is 9.47 Å². The van der Waals surface area contributed by atoms with Gasteiger partial charge in [-0.15, -0.1) is 11.8 Å². The van der Waals surface area contributed by atoms with Crippen molar-refractivity contribution in [3.8, 4) is 11.5 Å². The number of esters is 1. The van der Waals surface area contributed by atoms with Crippen LogP contribution in [0.1, 0.15) is 16.8 Å². The van der Waals surface area contributed by atoms with Crippen molar-refractivity contribution in [3.63, 3.8) is 0 Å². The van der Waals surface area contributed by atoms with E-state index in [1.165, 1.54) is 11.8 Å². The van der Waals surface area contributed by atoms with E-state index >= 15 is 0 Å². The molecule has 0 aromatic heterocycles. The third-order valence-electron chi connectivity index (χ3n) is 3.86. The van der Waals surface area contributed by atoms with Crippen LogP contribution in [0.3, 0.4) is 0 Å². The van der Waals surface area contributed by atoms with E-state index in [-0.39, 0.29) is 34.9 Å². The summed E-state index contributed by atoms with van der Waals surface area (Å²) >= 11 is 1.26. The second-order valence-electron chi connectivity index (χ2n) is 5.78. The maximum atomic E-state index is 12.1. The smallest absolute Gasteiger partial charge is 0.316 e. The topological polar surface area (TPSA) is 96.0 Å². The van der Waals surface area contributed by atoms with E-state index in [4.69, 9.17) is 14.2 Å². The first kappa shape index (κ1) is 18.1. The molecule has 0 aliphatic carbocycles. The van der Waals surface area contributed by atoms with Crippen LogP contribution in [0.5, 0.6) is 11.5 Å². The van der Waals surface area contributed by atoms with Gasteiger partial charge in [-0.2, -0.15) is 0 Å². The third-order valence-corrected chi connectivity index (χ3v) is 7.11. The molecule has 25 heavy (non-hydrogen) atoms. The molecule has 136 valence electrons. The van der Waals surface area contributed by atoms with Gasteiger partial charge in [0.2, 0.25) is 0 Å². The number of sulfone groups is 1. The van der Waals surface area contributed by atoms with Gasteiger partial charge in [-0.05, 0) is 24.6 Å². The summed E-state index contributed by atoms with van der Waals surface area (Å²) in [4.78, 5) is 23.9. The minimum absolute atomic E-state index is 0.0363. The molecule has 3 rings (SSSR count). The molecule has 2 aliphatic rings. The highest BCUT2D eigenvalue weighted by atomic mass is 32.2. The maximum Gasteiger partial charge on any atom is 0.316 e. The predicted molar refractivity (Wildman–Crippen MR) is 92.2 cm³/mol. The molecule has 1 aromatic carbocycles. The summed E-state index contributed by atoms with van der Waals surface area (Å²) in [6.07, 6.45) is 0.552. The van der Waals surface area contributed by atoms with Crippen LogP contribution in [0.25, 0.3) is 0 Å². The zero-order valence-corrected chi connectivity index (χ0v) is 15.1. The highest BCUT2D eigenvalue weighted by Gasteiger charge is 2.28. The van der Waals surface area contributed by atoms with Gasteiger partial charge in [-0.25, -0.2) is 8.42 Å². The summed E-state index contributed by atoms with van der Waals surface area (Å²) in [5.74, 6) is 0.529. The molecule has 1 saturated heterocycles. The standard InChI is InChI=1S/C16H18O7S2/c17-13(11-1-2-14-15(7-11)22-5-4-21-14)8-23-16(18)9-24-12-3-6-25(19,20)10-12/h1-2,7,12H,3-6,8-10H2/t12-/m0/s1. The quantitative estimate of drug-likeness (QED) is 0.530. The fourth-order valence-electron chi connectivity index (χ4n) is 2.57. The molecule has 2 aliphatic heterocycles. The number of carbonyl (C=O) groups is 2. The Kier molecular flexibility index (Phi) is 5.53. The van der Waals surface area contributed by atoms with Crippen LogP contribution >= 0.6 is 11.8 Å². The average molecular weight is 386 g/mol. The Morgan fingerprint density at radius 3 is 2.68 bits per heavy atom. The fraction of sp³-hybridized carbons (Fsp3) is 0.500. The molecular formula is C16H18O7S2. The molecule has 7 nitrogen and oxygen atoms in total. The van der Waals surface area contributed by atoms with E-state index in [9.17, 15) is 18.0 Å². The molecule has 9 heteroatoms. The van der Waals surface area contributed by atoms with Gasteiger partial charge in [0.25, 0.3) is 0 Å². The molecule has 0 amide bonds. The highest BCUT2D eigenvalue weighted by Crippen LogP contribution is 2.31. The third kappa shape index (κ3) is 4.88. The lowest BCUT2D eigenvalue weighted by molar-refractivity contribution is -0.139. The Balaban J connectivity index is 1.45. The number of ether oxygens (including phenoxy) is 3. The fourth-order valence-corrected chi connectivity index (χ4v) is 6.01. The number of ketones is 1. The summed E-state index contributed by atoms with van der Waals surface area (Å²) in [7, 11) is -2.96. The lowest BCUT2D eigenvalue weighted by atomic mass is 10.1. The summed E-state index contributed by atoms with van der Waals surface area (Å²) in [5.41, 5.74) is 0.381. The van der Waals surface area contributed by atoms with Crippen molar-refractivity contribution in [1.82, 2.24) is 0 Å². The molecule has 0 radical (unpaired) electrons. The predicted octanol–water partition coefficient (Wildman–Crippen LogP) is 1.10. The molecule has 0 N–H and O–H groups in total. The van der Waals surface area contributed by atoms with Gasteiger partial charge in [0.05, 0.1) is 17.3 Å². The van der Waals surface area contributed by atoms with E-state index in [0.717, 1.165) is 0 Å². The Bertz CT molecular complexity index is 773. The molecule has 0 spiro atoms. The summed E-state index contributed by atoms with van der Waals surface area (Å²) in [5, 5.41) is -0.0777. The van der Waals surface area contributed by atoms with Crippen molar-refractivity contribution >= 4 is 33.4 Å². The Morgan fingerprint density at radius 2 is 1.96 bits per heavy atom. The van der Waals surface area contributed by atoms with Crippen LogP contribution in [0, 0.1) is 0 Å². The number of fused-ring (bicyclic) bond motifs is 1. The normalized spacial score (nSPS) is 20.9. The molecule has 1 atom stereocenters. The first-order valence-corrected chi connectivity index (χ1v) is 10.7. The minimum Gasteiger partial charge on any atom is -0.486 e. The van der Waals surface area contributed by atoms with Crippen LogP contribution in [0.4, 0.5) is 0 Å². The van der Waals surface area contributed by atoms with E-state index < -0.39 is 15.8 Å². The molecular weight excluding hydrogens is 368 g/mol. The van der Waals surface area contributed by atoms with Crippen molar-refractivity contribution < 1.29 is 32.2 Å². The number of rotatable bonds is 6. The zero-order chi connectivity index (χ0) is 17.9. The molecule has 2 heterocycles.